The molecule has 172 valence electrons. The van der Waals surface area contributed by atoms with E-state index < -0.39 is 10.0 Å². The Labute approximate surface area is 198 Å². The van der Waals surface area contributed by atoms with Gasteiger partial charge < -0.3 is 5.32 Å². The van der Waals surface area contributed by atoms with E-state index in [1.807, 2.05) is 20.1 Å². The van der Waals surface area contributed by atoms with E-state index in [0.717, 1.165) is 17.0 Å². The number of nitrogens with zero attached hydrogens (tertiary/aromatic N) is 5. The Morgan fingerprint density at radius 3 is 2.61 bits per heavy atom. The minimum atomic E-state index is -3.74. The van der Waals surface area contributed by atoms with Gasteiger partial charge in [0.2, 0.25) is 11.1 Å². The van der Waals surface area contributed by atoms with Crippen LogP contribution in [-0.4, -0.2) is 45.1 Å². The summed E-state index contributed by atoms with van der Waals surface area (Å²) in [5, 5.41) is 9.85. The first-order valence-electron chi connectivity index (χ1n) is 9.86. The molecule has 1 amide bonds. The van der Waals surface area contributed by atoms with Gasteiger partial charge in [0.1, 0.15) is 0 Å². The molecule has 0 aliphatic heterocycles. The van der Waals surface area contributed by atoms with Crippen LogP contribution in [0.2, 0.25) is 0 Å². The molecular formula is C20H21N7O3S3. The summed E-state index contributed by atoms with van der Waals surface area (Å²) >= 11 is 2.64. The van der Waals surface area contributed by atoms with Crippen molar-refractivity contribution in [1.82, 2.24) is 24.6 Å². The average molecular weight is 504 g/mol. The van der Waals surface area contributed by atoms with Crippen molar-refractivity contribution in [2.75, 3.05) is 16.3 Å². The number of amides is 1. The Kier molecular flexibility index (Phi) is 6.63. The molecule has 33 heavy (non-hydrogen) atoms. The van der Waals surface area contributed by atoms with E-state index in [9.17, 15) is 13.2 Å². The third-order valence-electron chi connectivity index (χ3n) is 4.92. The monoisotopic (exact) mass is 503 g/mol. The lowest BCUT2D eigenvalue weighted by atomic mass is 10.1. The highest BCUT2D eigenvalue weighted by Crippen LogP contribution is 2.21. The molecule has 0 radical (unpaired) electrons. The Morgan fingerprint density at radius 1 is 1.18 bits per heavy atom. The van der Waals surface area contributed by atoms with Crippen LogP contribution in [0.25, 0.3) is 5.78 Å². The summed E-state index contributed by atoms with van der Waals surface area (Å²) < 4.78 is 29.0. The SMILES string of the molecule is CSc1nc2nc(C)c(CCC(=O)Nc3ccc(S(=O)(=O)Nc4nccs4)cc3)c(C)n2n1. The van der Waals surface area contributed by atoms with Crippen molar-refractivity contribution < 1.29 is 13.2 Å². The molecule has 0 unspecified atom stereocenters. The molecule has 10 nitrogen and oxygen atoms in total. The van der Waals surface area contributed by atoms with Gasteiger partial charge in [0, 0.05) is 35.1 Å². The van der Waals surface area contributed by atoms with Gasteiger partial charge in [0.25, 0.3) is 15.8 Å². The zero-order valence-electron chi connectivity index (χ0n) is 18.1. The molecule has 0 saturated carbocycles. The maximum absolute atomic E-state index is 12.5. The van der Waals surface area contributed by atoms with Crippen LogP contribution in [0.1, 0.15) is 23.4 Å². The van der Waals surface area contributed by atoms with Gasteiger partial charge in [-0.05, 0) is 56.4 Å². The molecule has 0 spiro atoms. The number of nitrogens with one attached hydrogen (secondary N) is 2. The first-order valence-corrected chi connectivity index (χ1v) is 13.4. The summed E-state index contributed by atoms with van der Waals surface area (Å²) in [7, 11) is -3.74. The van der Waals surface area contributed by atoms with E-state index >= 15 is 0 Å². The second kappa shape index (κ2) is 9.45. The van der Waals surface area contributed by atoms with Crippen molar-refractivity contribution in [2.24, 2.45) is 0 Å². The van der Waals surface area contributed by atoms with E-state index in [1.54, 1.807) is 22.0 Å². The normalized spacial score (nSPS) is 11.6. The van der Waals surface area contributed by atoms with E-state index in [2.05, 4.69) is 30.1 Å². The van der Waals surface area contributed by atoms with Gasteiger partial charge >= 0.3 is 0 Å². The minimum Gasteiger partial charge on any atom is -0.326 e. The topological polar surface area (TPSA) is 131 Å². The van der Waals surface area contributed by atoms with Gasteiger partial charge in [-0.2, -0.15) is 4.98 Å². The van der Waals surface area contributed by atoms with E-state index in [-0.39, 0.29) is 17.2 Å². The second-order valence-electron chi connectivity index (χ2n) is 7.09. The molecule has 3 aromatic heterocycles. The maximum atomic E-state index is 12.5. The van der Waals surface area contributed by atoms with Crippen LogP contribution < -0.4 is 10.0 Å². The molecular weight excluding hydrogens is 482 g/mol. The lowest BCUT2D eigenvalue weighted by molar-refractivity contribution is -0.116. The molecule has 3 heterocycles. The summed E-state index contributed by atoms with van der Waals surface area (Å²) in [6, 6.07) is 5.98. The van der Waals surface area contributed by atoms with Crippen LogP contribution in [0.15, 0.2) is 45.9 Å². The lowest BCUT2D eigenvalue weighted by Crippen LogP contribution is -2.15. The van der Waals surface area contributed by atoms with Crippen LogP contribution in [0.3, 0.4) is 0 Å². The number of aromatic nitrogens is 5. The first kappa shape index (κ1) is 23.1. The van der Waals surface area contributed by atoms with E-state index in [1.165, 1.54) is 41.4 Å². The van der Waals surface area contributed by atoms with Crippen molar-refractivity contribution in [3.8, 4) is 0 Å². The zero-order chi connectivity index (χ0) is 23.6. The van der Waals surface area contributed by atoms with Crippen molar-refractivity contribution in [3.63, 3.8) is 0 Å². The summed E-state index contributed by atoms with van der Waals surface area (Å²) in [6.45, 7) is 3.83. The highest BCUT2D eigenvalue weighted by molar-refractivity contribution is 7.98. The lowest BCUT2D eigenvalue weighted by Gasteiger charge is -2.11. The number of thioether (sulfide) groups is 1. The maximum Gasteiger partial charge on any atom is 0.263 e. The second-order valence-corrected chi connectivity index (χ2v) is 10.4. The van der Waals surface area contributed by atoms with Gasteiger partial charge in [-0.25, -0.2) is 22.9 Å². The van der Waals surface area contributed by atoms with Gasteiger partial charge in [-0.1, -0.05) is 11.8 Å². The number of hydrogen-bond acceptors (Lipinski definition) is 9. The van der Waals surface area contributed by atoms with Crippen molar-refractivity contribution >= 4 is 55.6 Å². The number of fused-ring (bicyclic) bond motifs is 1. The molecule has 0 atom stereocenters. The summed E-state index contributed by atoms with van der Waals surface area (Å²) in [5.74, 6) is 0.357. The van der Waals surface area contributed by atoms with Gasteiger partial charge in [0.05, 0.1) is 4.90 Å². The predicted octanol–water partition coefficient (Wildman–Crippen LogP) is 3.29. The minimum absolute atomic E-state index is 0.0822. The fraction of sp³-hybridized carbons (Fsp3) is 0.250. The number of benzene rings is 1. The number of rotatable bonds is 8. The van der Waals surface area contributed by atoms with E-state index in [0.29, 0.717) is 28.2 Å². The molecule has 0 fully saturated rings. The quantitative estimate of drug-likeness (QED) is 0.350. The third-order valence-corrected chi connectivity index (χ3v) is 7.63. The van der Waals surface area contributed by atoms with Crippen LogP contribution in [0.4, 0.5) is 10.8 Å². The zero-order valence-corrected chi connectivity index (χ0v) is 20.5. The molecule has 2 N–H and O–H groups in total. The van der Waals surface area contributed by atoms with Crippen LogP contribution >= 0.6 is 23.1 Å². The number of thiazole rings is 1. The van der Waals surface area contributed by atoms with Crippen LogP contribution in [0, 0.1) is 13.8 Å². The predicted molar refractivity (Wildman–Crippen MR) is 128 cm³/mol. The standard InChI is InChI=1S/C20H21N7O3S3/c1-12-16(13(2)27-18(22-12)24-20(25-27)31-3)8-9-17(28)23-14-4-6-15(7-5-14)33(29,30)26-19-21-10-11-32-19/h4-7,10-11H,8-9H2,1-3H3,(H,21,26)(H,23,28). The molecule has 0 bridgehead atoms. The molecule has 13 heteroatoms. The number of anilines is 2. The Hall–Kier alpha value is -3.03. The highest BCUT2D eigenvalue weighted by Gasteiger charge is 2.17. The van der Waals surface area contributed by atoms with E-state index in [4.69, 9.17) is 0 Å². The fourth-order valence-electron chi connectivity index (χ4n) is 3.27. The molecule has 4 rings (SSSR count). The largest absolute Gasteiger partial charge is 0.326 e. The molecule has 1 aromatic carbocycles. The van der Waals surface area contributed by atoms with Crippen molar-refractivity contribution in [1.29, 1.82) is 0 Å². The number of carbonyl (C=O) groups excluding carboxylic acids is 1. The number of sulfonamides is 1. The molecule has 0 aliphatic rings. The van der Waals surface area contributed by atoms with Crippen LogP contribution in [0.5, 0.6) is 0 Å². The third kappa shape index (κ3) is 5.15. The Balaban J connectivity index is 1.40. The number of hydrogen-bond donors (Lipinski definition) is 2. The first-order chi connectivity index (χ1) is 15.8. The van der Waals surface area contributed by atoms with Gasteiger partial charge in [-0.3, -0.25) is 9.52 Å². The Bertz CT molecular complexity index is 1400. The van der Waals surface area contributed by atoms with Gasteiger partial charge in [-0.15, -0.1) is 16.4 Å². The van der Waals surface area contributed by atoms with Crippen molar-refractivity contribution in [3.05, 3.63) is 52.8 Å². The molecule has 4 aromatic rings. The van der Waals surface area contributed by atoms with Crippen LogP contribution in [-0.2, 0) is 21.2 Å². The highest BCUT2D eigenvalue weighted by atomic mass is 32.2. The Morgan fingerprint density at radius 2 is 1.94 bits per heavy atom. The van der Waals surface area contributed by atoms with Gasteiger partial charge in [0.15, 0.2) is 5.13 Å². The fourth-order valence-corrected chi connectivity index (χ4v) is 5.39. The molecule has 0 aliphatic carbocycles. The van der Waals surface area contributed by atoms with Crippen molar-refractivity contribution in [2.45, 2.75) is 36.7 Å². The summed E-state index contributed by atoms with van der Waals surface area (Å²) in [5.41, 5.74) is 3.18. The molecule has 0 saturated heterocycles. The smallest absolute Gasteiger partial charge is 0.263 e. The average Bonchev–Trinajstić information content (AvgIpc) is 3.43. The summed E-state index contributed by atoms with van der Waals surface area (Å²) in [4.78, 5) is 25.4. The summed E-state index contributed by atoms with van der Waals surface area (Å²) in [6.07, 6.45) is 4.16. The number of carbonyl (C=O) groups is 1. The number of aryl methyl sites for hydroxylation is 2.